The molecular weight excluding hydrogens is 174 g/mol. The van der Waals surface area contributed by atoms with Gasteiger partial charge in [-0.2, -0.15) is 0 Å². The van der Waals surface area contributed by atoms with Crippen LogP contribution in [0.5, 0.6) is 0 Å². The first-order valence-corrected chi connectivity index (χ1v) is 4.71. The van der Waals surface area contributed by atoms with Crippen LogP contribution in [0, 0.1) is 0 Å². The quantitative estimate of drug-likeness (QED) is 0.647. The van der Waals surface area contributed by atoms with Crippen molar-refractivity contribution in [3.05, 3.63) is 21.9 Å². The van der Waals surface area contributed by atoms with Crippen molar-refractivity contribution in [3.8, 4) is 0 Å². The normalized spacial score (nSPS) is 13.2. The molecule has 0 radical (unpaired) electrons. The molecule has 12 heavy (non-hydrogen) atoms. The van der Waals surface area contributed by atoms with Gasteiger partial charge in [-0.25, -0.2) is 0 Å². The first kappa shape index (κ1) is 9.67. The molecule has 0 aliphatic heterocycles. The molecule has 0 spiro atoms. The van der Waals surface area contributed by atoms with E-state index in [1.807, 2.05) is 11.4 Å². The fourth-order valence-electron chi connectivity index (χ4n) is 1.10. The number of aliphatic hydroxyl groups is 2. The molecule has 0 saturated heterocycles. The fraction of sp³-hybridized carbons (Fsp3) is 0.500. The first-order chi connectivity index (χ1) is 5.79. The molecule has 4 heteroatoms. The zero-order valence-corrected chi connectivity index (χ0v) is 7.55. The van der Waals surface area contributed by atoms with E-state index in [4.69, 9.17) is 15.9 Å². The summed E-state index contributed by atoms with van der Waals surface area (Å²) in [5, 5.41) is 19.5. The van der Waals surface area contributed by atoms with Gasteiger partial charge in [-0.15, -0.1) is 11.3 Å². The van der Waals surface area contributed by atoms with E-state index >= 15 is 0 Å². The summed E-state index contributed by atoms with van der Waals surface area (Å²) in [4.78, 5) is 0.899. The van der Waals surface area contributed by atoms with Crippen LogP contribution in [0.1, 0.15) is 22.9 Å². The van der Waals surface area contributed by atoms with E-state index in [0.29, 0.717) is 6.42 Å². The Morgan fingerprint density at radius 2 is 2.25 bits per heavy atom. The molecule has 0 saturated carbocycles. The largest absolute Gasteiger partial charge is 0.396 e. The third-order valence-corrected chi connectivity index (χ3v) is 2.68. The molecule has 1 unspecified atom stereocenters. The Balaban J connectivity index is 2.71. The molecule has 0 aliphatic carbocycles. The Kier molecular flexibility index (Phi) is 3.68. The zero-order valence-electron chi connectivity index (χ0n) is 6.73. The predicted octanol–water partition coefficient (Wildman–Crippen LogP) is 0.623. The number of nitrogens with two attached hydrogens (primary N) is 1. The van der Waals surface area contributed by atoms with Gasteiger partial charge in [0, 0.05) is 17.5 Å². The Morgan fingerprint density at radius 1 is 1.50 bits per heavy atom. The molecular formula is C8H13NO2S. The number of aliphatic hydroxyl groups excluding tert-OH is 2. The van der Waals surface area contributed by atoms with E-state index < -0.39 is 0 Å². The molecule has 0 amide bonds. The highest BCUT2D eigenvalue weighted by Crippen LogP contribution is 2.23. The van der Waals surface area contributed by atoms with Gasteiger partial charge in [-0.1, -0.05) is 0 Å². The van der Waals surface area contributed by atoms with E-state index in [2.05, 4.69) is 0 Å². The van der Waals surface area contributed by atoms with Crippen molar-refractivity contribution >= 4 is 11.3 Å². The third-order valence-electron chi connectivity index (χ3n) is 1.76. The van der Waals surface area contributed by atoms with Crippen LogP contribution < -0.4 is 5.73 Å². The van der Waals surface area contributed by atoms with Gasteiger partial charge in [0.1, 0.15) is 0 Å². The molecule has 1 rings (SSSR count). The van der Waals surface area contributed by atoms with Crippen molar-refractivity contribution < 1.29 is 10.2 Å². The summed E-state index contributed by atoms with van der Waals surface area (Å²) >= 11 is 1.49. The van der Waals surface area contributed by atoms with Gasteiger partial charge in [-0.05, 0) is 23.4 Å². The van der Waals surface area contributed by atoms with Crippen LogP contribution in [-0.2, 0) is 6.61 Å². The zero-order chi connectivity index (χ0) is 8.97. The van der Waals surface area contributed by atoms with Crippen molar-refractivity contribution in [2.24, 2.45) is 5.73 Å². The average molecular weight is 187 g/mol. The number of hydrogen-bond acceptors (Lipinski definition) is 4. The summed E-state index contributed by atoms with van der Waals surface area (Å²) in [5.41, 5.74) is 6.72. The lowest BCUT2D eigenvalue weighted by Gasteiger charge is -2.09. The van der Waals surface area contributed by atoms with Crippen LogP contribution in [0.4, 0.5) is 0 Å². The lowest BCUT2D eigenvalue weighted by atomic mass is 10.1. The minimum Gasteiger partial charge on any atom is -0.396 e. The molecule has 1 atom stereocenters. The van der Waals surface area contributed by atoms with E-state index in [0.717, 1.165) is 10.4 Å². The fourth-order valence-corrected chi connectivity index (χ4v) is 1.91. The van der Waals surface area contributed by atoms with E-state index in [9.17, 15) is 0 Å². The highest BCUT2D eigenvalue weighted by Gasteiger charge is 2.10. The molecule has 1 aromatic rings. The molecule has 68 valence electrons. The molecule has 0 aliphatic rings. The second-order valence-corrected chi connectivity index (χ2v) is 3.58. The molecule has 4 N–H and O–H groups in total. The van der Waals surface area contributed by atoms with Crippen molar-refractivity contribution in [1.82, 2.24) is 0 Å². The van der Waals surface area contributed by atoms with Crippen LogP contribution in [0.25, 0.3) is 0 Å². The summed E-state index contributed by atoms with van der Waals surface area (Å²) in [5.74, 6) is 0. The molecule has 0 fully saturated rings. The number of thiophene rings is 1. The number of hydrogen-bond donors (Lipinski definition) is 3. The molecule has 1 heterocycles. The second kappa shape index (κ2) is 4.57. The van der Waals surface area contributed by atoms with Crippen LogP contribution in [0.3, 0.4) is 0 Å². The monoisotopic (exact) mass is 187 g/mol. The molecule has 3 nitrogen and oxygen atoms in total. The predicted molar refractivity (Wildman–Crippen MR) is 48.9 cm³/mol. The van der Waals surface area contributed by atoms with Crippen LogP contribution >= 0.6 is 11.3 Å². The van der Waals surface area contributed by atoms with E-state index in [1.165, 1.54) is 11.3 Å². The lowest BCUT2D eigenvalue weighted by Crippen LogP contribution is -2.12. The maximum absolute atomic E-state index is 8.92. The molecule has 0 bridgehead atoms. The average Bonchev–Trinajstić information content (AvgIpc) is 2.51. The van der Waals surface area contributed by atoms with Gasteiger partial charge in [-0.3, -0.25) is 0 Å². The van der Waals surface area contributed by atoms with Crippen molar-refractivity contribution in [2.75, 3.05) is 6.61 Å². The summed E-state index contributed by atoms with van der Waals surface area (Å²) in [7, 11) is 0. The van der Waals surface area contributed by atoms with Crippen LogP contribution in [0.15, 0.2) is 11.4 Å². The van der Waals surface area contributed by atoms with E-state index in [-0.39, 0.29) is 19.3 Å². The Bertz CT molecular complexity index is 237. The number of rotatable bonds is 4. The Labute approximate surface area is 75.5 Å². The summed E-state index contributed by atoms with van der Waals surface area (Å²) in [6.07, 6.45) is 0.545. The summed E-state index contributed by atoms with van der Waals surface area (Å²) in [6.45, 7) is 0.119. The highest BCUT2D eigenvalue weighted by molar-refractivity contribution is 7.10. The van der Waals surface area contributed by atoms with Gasteiger partial charge < -0.3 is 15.9 Å². The summed E-state index contributed by atoms with van der Waals surface area (Å²) < 4.78 is 0. The minimum atomic E-state index is -0.150. The van der Waals surface area contributed by atoms with Crippen LogP contribution in [0.2, 0.25) is 0 Å². The first-order valence-electron chi connectivity index (χ1n) is 3.83. The van der Waals surface area contributed by atoms with Gasteiger partial charge in [0.25, 0.3) is 0 Å². The smallest absolute Gasteiger partial charge is 0.0777 e. The van der Waals surface area contributed by atoms with Crippen molar-refractivity contribution in [1.29, 1.82) is 0 Å². The van der Waals surface area contributed by atoms with Gasteiger partial charge in [0.15, 0.2) is 0 Å². The Hall–Kier alpha value is -0.420. The van der Waals surface area contributed by atoms with Crippen molar-refractivity contribution in [2.45, 2.75) is 19.1 Å². The molecule has 1 aromatic heterocycles. The van der Waals surface area contributed by atoms with Crippen molar-refractivity contribution in [3.63, 3.8) is 0 Å². The topological polar surface area (TPSA) is 66.5 Å². The lowest BCUT2D eigenvalue weighted by molar-refractivity contribution is 0.270. The summed E-state index contributed by atoms with van der Waals surface area (Å²) in [6, 6.07) is 1.75. The standard InChI is InChI=1S/C8H13NO2S/c9-7(1-3-10)6-2-4-12-8(6)5-11/h2,4,7,10-11H,1,3,5,9H2. The third kappa shape index (κ3) is 2.04. The maximum Gasteiger partial charge on any atom is 0.0777 e. The van der Waals surface area contributed by atoms with Gasteiger partial charge >= 0.3 is 0 Å². The van der Waals surface area contributed by atoms with Gasteiger partial charge in [0.05, 0.1) is 6.61 Å². The SMILES string of the molecule is NC(CCO)c1ccsc1CO. The molecule has 0 aromatic carbocycles. The minimum absolute atomic E-state index is 0.0339. The van der Waals surface area contributed by atoms with Gasteiger partial charge in [0.2, 0.25) is 0 Å². The maximum atomic E-state index is 8.92. The second-order valence-electron chi connectivity index (χ2n) is 2.58. The van der Waals surface area contributed by atoms with Crippen LogP contribution in [-0.4, -0.2) is 16.8 Å². The Morgan fingerprint density at radius 3 is 2.83 bits per heavy atom. The highest BCUT2D eigenvalue weighted by atomic mass is 32.1. The van der Waals surface area contributed by atoms with E-state index in [1.54, 1.807) is 0 Å².